The SMILES string of the molecule is CC(=O)N[C@@H]1[C@@H](O[C@@H]2O[C@H](CO)[C@H](O)[C@H](O[C@H]3O[C@H](CO)[C@H](O)[C@H](O)[C@H]3O)[C@H]2O[C@@H]2O[C@@H](C)[C@@H](O)[C@@H](O)[C@@H]2O)[C@H](O)[C@@H](CO)O[C@H]1O. The van der Waals surface area contributed by atoms with E-state index in [2.05, 4.69) is 5.32 Å². The van der Waals surface area contributed by atoms with Crippen LogP contribution in [-0.4, -0.2) is 210 Å². The lowest BCUT2D eigenvalue weighted by Crippen LogP contribution is -2.69. The zero-order valence-corrected chi connectivity index (χ0v) is 25.3. The van der Waals surface area contributed by atoms with Crippen LogP contribution in [0.2, 0.25) is 0 Å². The highest BCUT2D eigenvalue weighted by Crippen LogP contribution is 2.35. The lowest BCUT2D eigenvalue weighted by atomic mass is 9.94. The third-order valence-corrected chi connectivity index (χ3v) is 8.57. The lowest BCUT2D eigenvalue weighted by Gasteiger charge is -2.50. The van der Waals surface area contributed by atoms with Crippen LogP contribution in [0.1, 0.15) is 13.8 Å². The highest BCUT2D eigenvalue weighted by molar-refractivity contribution is 5.73. The first-order valence-corrected chi connectivity index (χ1v) is 15.0. The van der Waals surface area contributed by atoms with E-state index in [4.69, 9.17) is 33.2 Å². The minimum Gasteiger partial charge on any atom is -0.394 e. The molecule has 21 heteroatoms. The Labute approximate surface area is 267 Å². The molecule has 4 rings (SSSR count). The Morgan fingerprint density at radius 1 is 0.553 bits per heavy atom. The van der Waals surface area contributed by atoms with Gasteiger partial charge >= 0.3 is 0 Å². The number of aliphatic hydroxyl groups excluding tert-OH is 12. The lowest BCUT2D eigenvalue weighted by molar-refractivity contribution is -0.400. The topological polar surface area (TPSA) is 336 Å². The van der Waals surface area contributed by atoms with E-state index in [9.17, 15) is 66.1 Å². The van der Waals surface area contributed by atoms with Crippen molar-refractivity contribution in [1.29, 1.82) is 0 Å². The average Bonchev–Trinajstić information content (AvgIpc) is 3.04. The van der Waals surface area contributed by atoms with Crippen LogP contribution in [0.4, 0.5) is 0 Å². The highest BCUT2D eigenvalue weighted by Gasteiger charge is 2.56. The van der Waals surface area contributed by atoms with E-state index in [0.717, 1.165) is 6.92 Å². The molecule has 0 aromatic rings. The van der Waals surface area contributed by atoms with E-state index >= 15 is 0 Å². The Bertz CT molecular complexity index is 1010. The molecule has 4 fully saturated rings. The van der Waals surface area contributed by atoms with E-state index in [0.29, 0.717) is 0 Å². The number of rotatable bonds is 10. The minimum atomic E-state index is -1.99. The van der Waals surface area contributed by atoms with Gasteiger partial charge in [-0.1, -0.05) is 0 Å². The van der Waals surface area contributed by atoms with Gasteiger partial charge in [0.2, 0.25) is 5.91 Å². The summed E-state index contributed by atoms with van der Waals surface area (Å²) in [5.41, 5.74) is 0. The van der Waals surface area contributed by atoms with Crippen LogP contribution in [0.15, 0.2) is 0 Å². The molecule has 0 saturated carbocycles. The maximum absolute atomic E-state index is 12.0. The molecule has 4 saturated heterocycles. The molecule has 0 aliphatic carbocycles. The molecular weight excluding hydrogens is 646 g/mol. The molecule has 4 heterocycles. The van der Waals surface area contributed by atoms with Crippen LogP contribution in [0.5, 0.6) is 0 Å². The molecule has 0 unspecified atom stereocenters. The van der Waals surface area contributed by atoms with Crippen molar-refractivity contribution in [2.24, 2.45) is 0 Å². The second-order valence-electron chi connectivity index (χ2n) is 11.9. The van der Waals surface area contributed by atoms with Crippen LogP contribution >= 0.6 is 0 Å². The van der Waals surface area contributed by atoms with Crippen molar-refractivity contribution in [1.82, 2.24) is 5.32 Å². The Balaban J connectivity index is 1.73. The van der Waals surface area contributed by atoms with Gasteiger partial charge in [-0.3, -0.25) is 4.79 Å². The van der Waals surface area contributed by atoms with Crippen LogP contribution in [0.3, 0.4) is 0 Å². The molecule has 4 aliphatic heterocycles. The van der Waals surface area contributed by atoms with Gasteiger partial charge in [-0.15, -0.1) is 0 Å². The van der Waals surface area contributed by atoms with Gasteiger partial charge in [-0.05, 0) is 6.92 Å². The molecule has 274 valence electrons. The molecule has 13 N–H and O–H groups in total. The fourth-order valence-electron chi connectivity index (χ4n) is 5.86. The number of amides is 1. The molecule has 0 aromatic heterocycles. The smallest absolute Gasteiger partial charge is 0.217 e. The minimum absolute atomic E-state index is 0.703. The monoisotopic (exact) mass is 691 g/mol. The first kappa shape index (κ1) is 38.5. The van der Waals surface area contributed by atoms with Gasteiger partial charge in [0.1, 0.15) is 91.5 Å². The Kier molecular flexibility index (Phi) is 13.2. The number of aliphatic hydroxyl groups is 12. The van der Waals surface area contributed by atoms with Crippen molar-refractivity contribution in [3.8, 4) is 0 Å². The summed E-state index contributed by atoms with van der Waals surface area (Å²) in [5, 5.41) is 127. The van der Waals surface area contributed by atoms with Crippen LogP contribution in [0, 0.1) is 0 Å². The first-order chi connectivity index (χ1) is 22.1. The van der Waals surface area contributed by atoms with Crippen molar-refractivity contribution < 1.29 is 99.2 Å². The largest absolute Gasteiger partial charge is 0.394 e. The van der Waals surface area contributed by atoms with Crippen molar-refractivity contribution in [2.75, 3.05) is 19.8 Å². The number of carbonyl (C=O) groups excluding carboxylic acids is 1. The summed E-state index contributed by atoms with van der Waals surface area (Å²) in [6, 6.07) is -1.52. The summed E-state index contributed by atoms with van der Waals surface area (Å²) in [6.45, 7) is -0.153. The van der Waals surface area contributed by atoms with Gasteiger partial charge in [0.05, 0.1) is 25.9 Å². The molecule has 0 radical (unpaired) electrons. The fourth-order valence-corrected chi connectivity index (χ4v) is 5.86. The maximum Gasteiger partial charge on any atom is 0.217 e. The number of ether oxygens (including phenoxy) is 7. The standard InChI is InChI=1S/C26H45NO20/c1-6-12(32)16(36)18(38)24(41-6)47-22-21(46-25-19(39)17(37)13(33)8(3-28)43-25)15(35)10(5-30)44-26(22)45-20-11(27-7(2)31)23(40)42-9(4-29)14(20)34/h6,8-26,28-30,32-40H,3-5H2,1-2H3,(H,27,31)/t6-,8+,9+,10+,11+,12+,13-,14+,15-,16+,17-,18-,19+,20+,21-,22+,23+,24-,25+,26-/m0/s1. The molecule has 1 amide bonds. The van der Waals surface area contributed by atoms with Crippen molar-refractivity contribution in [3.63, 3.8) is 0 Å². The van der Waals surface area contributed by atoms with E-state index in [1.54, 1.807) is 0 Å². The van der Waals surface area contributed by atoms with Gasteiger partial charge in [-0.2, -0.15) is 0 Å². The van der Waals surface area contributed by atoms with Gasteiger partial charge in [-0.25, -0.2) is 0 Å². The van der Waals surface area contributed by atoms with E-state index in [1.165, 1.54) is 6.92 Å². The summed E-state index contributed by atoms with van der Waals surface area (Å²) in [7, 11) is 0. The third-order valence-electron chi connectivity index (χ3n) is 8.57. The summed E-state index contributed by atoms with van der Waals surface area (Å²) < 4.78 is 39.5. The summed E-state index contributed by atoms with van der Waals surface area (Å²) in [4.78, 5) is 12.0. The molecule has 21 nitrogen and oxygen atoms in total. The Morgan fingerprint density at radius 3 is 1.57 bits per heavy atom. The van der Waals surface area contributed by atoms with E-state index < -0.39 is 148 Å². The van der Waals surface area contributed by atoms with Gasteiger partial charge in [0.15, 0.2) is 25.2 Å². The number of hydrogen-bond donors (Lipinski definition) is 13. The summed E-state index contributed by atoms with van der Waals surface area (Å²) >= 11 is 0. The summed E-state index contributed by atoms with van der Waals surface area (Å²) in [5.74, 6) is -0.703. The molecule has 0 spiro atoms. The number of carbonyl (C=O) groups is 1. The first-order valence-electron chi connectivity index (χ1n) is 15.0. The van der Waals surface area contributed by atoms with Crippen molar-refractivity contribution in [3.05, 3.63) is 0 Å². The second kappa shape index (κ2) is 16.2. The average molecular weight is 692 g/mol. The Morgan fingerprint density at radius 2 is 1.00 bits per heavy atom. The molecule has 0 bridgehead atoms. The summed E-state index contributed by atoms with van der Waals surface area (Å²) in [6.07, 6.45) is -33.2. The Hall–Kier alpha value is -1.29. The molecular formula is C26H45NO20. The van der Waals surface area contributed by atoms with Gasteiger partial charge in [0.25, 0.3) is 0 Å². The number of nitrogens with one attached hydrogen (secondary N) is 1. The predicted octanol–water partition coefficient (Wildman–Crippen LogP) is -8.58. The second-order valence-corrected chi connectivity index (χ2v) is 11.9. The predicted molar refractivity (Wildman–Crippen MR) is 144 cm³/mol. The zero-order chi connectivity index (χ0) is 34.9. The fraction of sp³-hybridized carbons (Fsp3) is 0.962. The van der Waals surface area contributed by atoms with Crippen LogP contribution in [-0.2, 0) is 38.0 Å². The number of hydrogen-bond acceptors (Lipinski definition) is 20. The van der Waals surface area contributed by atoms with Crippen molar-refractivity contribution >= 4 is 5.91 Å². The quantitative estimate of drug-likeness (QED) is 0.101. The van der Waals surface area contributed by atoms with Gasteiger partial charge in [0, 0.05) is 6.92 Å². The van der Waals surface area contributed by atoms with Crippen LogP contribution < -0.4 is 5.32 Å². The van der Waals surface area contributed by atoms with E-state index in [-0.39, 0.29) is 0 Å². The maximum atomic E-state index is 12.0. The molecule has 20 atom stereocenters. The van der Waals surface area contributed by atoms with E-state index in [1.807, 2.05) is 0 Å². The van der Waals surface area contributed by atoms with Gasteiger partial charge < -0.3 is 99.8 Å². The molecule has 4 aliphatic rings. The molecule has 0 aromatic carbocycles. The normalized spacial score (nSPS) is 51.0. The third kappa shape index (κ3) is 8.04. The molecule has 47 heavy (non-hydrogen) atoms. The van der Waals surface area contributed by atoms with Crippen molar-refractivity contribution in [2.45, 2.75) is 137 Å². The highest BCUT2D eigenvalue weighted by atomic mass is 16.8. The van der Waals surface area contributed by atoms with Crippen LogP contribution in [0.25, 0.3) is 0 Å². The zero-order valence-electron chi connectivity index (χ0n) is 25.3.